The van der Waals surface area contributed by atoms with E-state index in [2.05, 4.69) is 0 Å². The summed E-state index contributed by atoms with van der Waals surface area (Å²) in [4.78, 5) is 12.4. The maximum atomic E-state index is 11.2. The lowest BCUT2D eigenvalue weighted by Crippen LogP contribution is -2.32. The van der Waals surface area contributed by atoms with Crippen LogP contribution < -0.4 is 0 Å². The molecule has 0 amide bonds. The van der Waals surface area contributed by atoms with Crippen molar-refractivity contribution in [1.29, 1.82) is 0 Å². The van der Waals surface area contributed by atoms with Crippen molar-refractivity contribution < 1.29 is 9.90 Å². The monoisotopic (exact) mass is 210 g/mol. The fourth-order valence-electron chi connectivity index (χ4n) is 1.89. The number of hydrogen-bond acceptors (Lipinski definition) is 2. The van der Waals surface area contributed by atoms with Gasteiger partial charge in [0.05, 0.1) is 5.41 Å². The molecule has 1 aliphatic carbocycles. The van der Waals surface area contributed by atoms with Gasteiger partial charge in [0.15, 0.2) is 0 Å². The Morgan fingerprint density at radius 2 is 2.43 bits per heavy atom. The van der Waals surface area contributed by atoms with Crippen LogP contribution in [-0.2, 0) is 11.2 Å². The lowest BCUT2D eigenvalue weighted by Gasteiger charge is -2.23. The first kappa shape index (κ1) is 9.71. The van der Waals surface area contributed by atoms with Gasteiger partial charge in [-0.25, -0.2) is 0 Å². The van der Waals surface area contributed by atoms with Crippen LogP contribution in [0.3, 0.4) is 0 Å². The number of hydrogen-bond donors (Lipinski definition) is 1. The van der Waals surface area contributed by atoms with Crippen LogP contribution in [0.25, 0.3) is 0 Å². The third-order valence-electron chi connectivity index (χ3n) is 3.09. The van der Waals surface area contributed by atoms with Gasteiger partial charge >= 0.3 is 5.97 Å². The Kier molecular flexibility index (Phi) is 2.35. The van der Waals surface area contributed by atoms with Crippen LogP contribution >= 0.6 is 11.3 Å². The molecular weight excluding hydrogens is 196 g/mol. The first-order valence-corrected chi connectivity index (χ1v) is 5.76. The minimum atomic E-state index is -0.645. The minimum absolute atomic E-state index is 0.391. The van der Waals surface area contributed by atoms with Crippen molar-refractivity contribution in [3.63, 3.8) is 0 Å². The maximum absolute atomic E-state index is 11.2. The van der Waals surface area contributed by atoms with Crippen LogP contribution in [0, 0.1) is 11.3 Å². The van der Waals surface area contributed by atoms with Crippen LogP contribution in [0.15, 0.2) is 17.5 Å². The summed E-state index contributed by atoms with van der Waals surface area (Å²) < 4.78 is 0. The van der Waals surface area contributed by atoms with E-state index in [-0.39, 0.29) is 0 Å². The lowest BCUT2D eigenvalue weighted by atomic mass is 9.81. The van der Waals surface area contributed by atoms with E-state index in [0.29, 0.717) is 12.3 Å². The molecule has 2 rings (SSSR count). The Hall–Kier alpha value is -0.830. The lowest BCUT2D eigenvalue weighted by molar-refractivity contribution is -0.149. The summed E-state index contributed by atoms with van der Waals surface area (Å²) in [5, 5.41) is 11.3. The zero-order valence-corrected chi connectivity index (χ0v) is 9.01. The number of rotatable bonds is 4. The second kappa shape index (κ2) is 3.39. The summed E-state index contributed by atoms with van der Waals surface area (Å²) in [6, 6.07) is 4.00. The molecule has 0 spiro atoms. The van der Waals surface area contributed by atoms with E-state index in [1.54, 1.807) is 11.3 Å². The number of carbonyl (C=O) groups is 1. The highest BCUT2D eigenvalue weighted by atomic mass is 32.1. The van der Waals surface area contributed by atoms with Gasteiger partial charge in [-0.15, -0.1) is 11.3 Å². The molecule has 0 aromatic carbocycles. The van der Waals surface area contributed by atoms with E-state index in [1.807, 2.05) is 24.4 Å². The fourth-order valence-corrected chi connectivity index (χ4v) is 2.76. The molecular formula is C11H14O2S. The zero-order chi connectivity index (χ0) is 10.2. The highest BCUT2D eigenvalue weighted by molar-refractivity contribution is 7.09. The minimum Gasteiger partial charge on any atom is -0.481 e. The van der Waals surface area contributed by atoms with E-state index in [9.17, 15) is 9.90 Å². The molecule has 0 radical (unpaired) electrons. The van der Waals surface area contributed by atoms with E-state index in [0.717, 1.165) is 12.8 Å². The Balaban J connectivity index is 2.15. The third-order valence-corrected chi connectivity index (χ3v) is 3.96. The van der Waals surface area contributed by atoms with Gasteiger partial charge < -0.3 is 5.11 Å². The molecule has 0 bridgehead atoms. The van der Waals surface area contributed by atoms with Gasteiger partial charge in [-0.2, -0.15) is 0 Å². The van der Waals surface area contributed by atoms with Crippen molar-refractivity contribution in [2.75, 3.05) is 0 Å². The van der Waals surface area contributed by atoms with Crippen LogP contribution in [0.1, 0.15) is 24.6 Å². The van der Waals surface area contributed by atoms with E-state index >= 15 is 0 Å². The SMILES string of the molecule is CC(Cc1cccs1)(C(=O)O)C1CC1. The molecule has 1 atom stereocenters. The summed E-state index contributed by atoms with van der Waals surface area (Å²) in [6.45, 7) is 1.88. The Morgan fingerprint density at radius 1 is 1.71 bits per heavy atom. The van der Waals surface area contributed by atoms with Crippen molar-refractivity contribution in [3.8, 4) is 0 Å². The smallest absolute Gasteiger partial charge is 0.309 e. The number of thiophene rings is 1. The molecule has 1 fully saturated rings. The molecule has 1 N–H and O–H groups in total. The average Bonchev–Trinajstić information content (AvgIpc) is 2.87. The second-order valence-corrected chi connectivity index (χ2v) is 5.29. The van der Waals surface area contributed by atoms with Gasteiger partial charge in [0, 0.05) is 4.88 Å². The number of carboxylic acid groups (broad SMARTS) is 1. The summed E-state index contributed by atoms with van der Waals surface area (Å²) in [5.74, 6) is -0.254. The Bertz CT molecular complexity index is 327. The highest BCUT2D eigenvalue weighted by Gasteiger charge is 2.47. The largest absolute Gasteiger partial charge is 0.481 e. The molecule has 0 aliphatic heterocycles. The van der Waals surface area contributed by atoms with Crippen molar-refractivity contribution in [1.82, 2.24) is 0 Å². The van der Waals surface area contributed by atoms with Gasteiger partial charge in [-0.1, -0.05) is 6.07 Å². The van der Waals surface area contributed by atoms with Crippen molar-refractivity contribution in [2.24, 2.45) is 11.3 Å². The standard InChI is InChI=1S/C11H14O2S/c1-11(10(12)13,8-4-5-8)7-9-3-2-6-14-9/h2-3,6,8H,4-5,7H2,1H3,(H,12,13). The molecule has 1 aromatic heterocycles. The molecule has 1 aromatic rings. The highest BCUT2D eigenvalue weighted by Crippen LogP contribution is 2.47. The van der Waals surface area contributed by atoms with E-state index in [4.69, 9.17) is 0 Å². The second-order valence-electron chi connectivity index (χ2n) is 4.25. The first-order chi connectivity index (χ1) is 6.63. The predicted molar refractivity (Wildman–Crippen MR) is 56.5 cm³/mol. The van der Waals surface area contributed by atoms with E-state index in [1.165, 1.54) is 4.88 Å². The number of carboxylic acids is 1. The maximum Gasteiger partial charge on any atom is 0.309 e. The molecule has 1 heterocycles. The van der Waals surface area contributed by atoms with Crippen molar-refractivity contribution >= 4 is 17.3 Å². The fraction of sp³-hybridized carbons (Fsp3) is 0.545. The van der Waals surface area contributed by atoms with Crippen LogP contribution in [-0.4, -0.2) is 11.1 Å². The average molecular weight is 210 g/mol. The summed E-state index contributed by atoms with van der Waals surface area (Å²) in [6.07, 6.45) is 2.84. The van der Waals surface area contributed by atoms with Gasteiger partial charge in [-0.3, -0.25) is 4.79 Å². The molecule has 3 heteroatoms. The molecule has 0 saturated heterocycles. The van der Waals surface area contributed by atoms with Gasteiger partial charge in [0.1, 0.15) is 0 Å². The van der Waals surface area contributed by atoms with Gasteiger partial charge in [0.25, 0.3) is 0 Å². The molecule has 1 aliphatic rings. The predicted octanol–water partition coefficient (Wildman–Crippen LogP) is 2.79. The molecule has 2 nitrogen and oxygen atoms in total. The summed E-state index contributed by atoms with van der Waals surface area (Å²) >= 11 is 1.65. The zero-order valence-electron chi connectivity index (χ0n) is 8.19. The Labute approximate surface area is 87.6 Å². The van der Waals surface area contributed by atoms with Crippen molar-refractivity contribution in [2.45, 2.75) is 26.2 Å². The van der Waals surface area contributed by atoms with Gasteiger partial charge in [-0.05, 0) is 43.6 Å². The summed E-state index contributed by atoms with van der Waals surface area (Å²) in [7, 11) is 0. The number of aliphatic carboxylic acids is 1. The quantitative estimate of drug-likeness (QED) is 0.829. The van der Waals surface area contributed by atoms with Gasteiger partial charge in [0.2, 0.25) is 0 Å². The van der Waals surface area contributed by atoms with E-state index < -0.39 is 11.4 Å². The topological polar surface area (TPSA) is 37.3 Å². The first-order valence-electron chi connectivity index (χ1n) is 4.89. The molecule has 14 heavy (non-hydrogen) atoms. The van der Waals surface area contributed by atoms with Crippen LogP contribution in [0.5, 0.6) is 0 Å². The summed E-state index contributed by atoms with van der Waals surface area (Å²) in [5.41, 5.74) is -0.537. The van der Waals surface area contributed by atoms with Crippen LogP contribution in [0.4, 0.5) is 0 Å². The van der Waals surface area contributed by atoms with Crippen molar-refractivity contribution in [3.05, 3.63) is 22.4 Å². The van der Waals surface area contributed by atoms with Crippen LogP contribution in [0.2, 0.25) is 0 Å². The molecule has 1 unspecified atom stereocenters. The molecule has 76 valence electrons. The normalized spacial score (nSPS) is 20.4. The molecule has 1 saturated carbocycles. The Morgan fingerprint density at radius 3 is 2.86 bits per heavy atom. The third kappa shape index (κ3) is 1.69.